The molecule has 8 heteroatoms. The summed E-state index contributed by atoms with van der Waals surface area (Å²) in [4.78, 5) is 25.0. The molecule has 0 atom stereocenters. The van der Waals surface area contributed by atoms with Crippen LogP contribution in [-0.4, -0.2) is 52.1 Å². The van der Waals surface area contributed by atoms with E-state index in [4.69, 9.17) is 10.3 Å². The number of aromatic nitrogens is 3. The Balaban J connectivity index is 1.59. The van der Waals surface area contributed by atoms with Gasteiger partial charge < -0.3 is 20.1 Å². The minimum atomic E-state index is 0.0424. The molecule has 2 aromatic rings. The molecule has 3 rings (SSSR count). The minimum absolute atomic E-state index is 0.0424. The fourth-order valence-electron chi connectivity index (χ4n) is 2.91. The van der Waals surface area contributed by atoms with E-state index in [9.17, 15) is 4.79 Å². The molecule has 0 aliphatic carbocycles. The number of rotatable bonds is 4. The van der Waals surface area contributed by atoms with Gasteiger partial charge in [-0.1, -0.05) is 25.9 Å². The van der Waals surface area contributed by atoms with Gasteiger partial charge in [0.2, 0.25) is 11.7 Å². The number of amides is 1. The van der Waals surface area contributed by atoms with Crippen molar-refractivity contribution in [1.29, 1.82) is 0 Å². The van der Waals surface area contributed by atoms with Crippen LogP contribution in [0.25, 0.3) is 11.4 Å². The topological polar surface area (TPSA) is 101 Å². The molecule has 1 amide bonds. The van der Waals surface area contributed by atoms with E-state index >= 15 is 0 Å². The first-order valence-corrected chi connectivity index (χ1v) is 8.90. The molecule has 140 valence electrons. The third-order valence-electron chi connectivity index (χ3n) is 4.49. The standard InChI is InChI=1S/C18H26N6O2/c1-18(2,3)6-4-15(25)24-10-8-23(9-11-24)14-12-13(5-7-20-14)16-21-17(19)26-22-16/h5,7,12H,4,6,8-11H2,1-3H3,(H2,19,21,22). The van der Waals surface area contributed by atoms with Gasteiger partial charge >= 0.3 is 6.01 Å². The van der Waals surface area contributed by atoms with Crippen molar-refractivity contribution in [2.24, 2.45) is 5.41 Å². The predicted octanol–water partition coefficient (Wildman–Crippen LogP) is 2.19. The third-order valence-corrected chi connectivity index (χ3v) is 4.49. The summed E-state index contributed by atoms with van der Waals surface area (Å²) in [6.07, 6.45) is 3.23. The Morgan fingerprint density at radius 3 is 2.62 bits per heavy atom. The first-order chi connectivity index (χ1) is 12.3. The zero-order chi connectivity index (χ0) is 18.7. The summed E-state index contributed by atoms with van der Waals surface area (Å²) in [5, 5.41) is 3.84. The maximum absolute atomic E-state index is 12.4. The molecule has 0 radical (unpaired) electrons. The van der Waals surface area contributed by atoms with Crippen molar-refractivity contribution in [1.82, 2.24) is 20.0 Å². The van der Waals surface area contributed by atoms with Crippen molar-refractivity contribution in [3.05, 3.63) is 18.3 Å². The summed E-state index contributed by atoms with van der Waals surface area (Å²) in [6.45, 7) is 9.42. The van der Waals surface area contributed by atoms with Crippen LogP contribution in [0, 0.1) is 5.41 Å². The van der Waals surface area contributed by atoms with Gasteiger partial charge in [0.15, 0.2) is 0 Å². The van der Waals surface area contributed by atoms with Crippen LogP contribution in [0.4, 0.5) is 11.8 Å². The molecule has 1 saturated heterocycles. The van der Waals surface area contributed by atoms with Gasteiger partial charge in [-0.25, -0.2) is 4.98 Å². The number of carbonyl (C=O) groups excluding carboxylic acids is 1. The van der Waals surface area contributed by atoms with Gasteiger partial charge in [-0.2, -0.15) is 4.98 Å². The van der Waals surface area contributed by atoms with Crippen LogP contribution in [0.5, 0.6) is 0 Å². The Bertz CT molecular complexity index is 759. The van der Waals surface area contributed by atoms with E-state index in [1.54, 1.807) is 6.20 Å². The highest BCUT2D eigenvalue weighted by atomic mass is 16.5. The molecule has 2 N–H and O–H groups in total. The molecule has 2 aromatic heterocycles. The number of piperazine rings is 1. The maximum atomic E-state index is 12.4. The van der Waals surface area contributed by atoms with Crippen molar-refractivity contribution in [3.8, 4) is 11.4 Å². The van der Waals surface area contributed by atoms with Crippen LogP contribution in [0.2, 0.25) is 0 Å². The molecule has 26 heavy (non-hydrogen) atoms. The van der Waals surface area contributed by atoms with Crippen LogP contribution in [0.1, 0.15) is 33.6 Å². The van der Waals surface area contributed by atoms with E-state index in [1.165, 1.54) is 0 Å². The molecule has 8 nitrogen and oxygen atoms in total. The van der Waals surface area contributed by atoms with Crippen LogP contribution in [-0.2, 0) is 4.79 Å². The van der Waals surface area contributed by atoms with Crippen LogP contribution in [0.15, 0.2) is 22.9 Å². The SMILES string of the molecule is CC(C)(C)CCC(=O)N1CCN(c2cc(-c3noc(N)n3)ccn2)CC1. The molecule has 0 saturated carbocycles. The molecule has 1 aliphatic rings. The fraction of sp³-hybridized carbons (Fsp3) is 0.556. The average molecular weight is 358 g/mol. The molecule has 0 unspecified atom stereocenters. The zero-order valence-electron chi connectivity index (χ0n) is 15.6. The Kier molecular flexibility index (Phi) is 5.11. The van der Waals surface area contributed by atoms with Gasteiger partial charge in [0.25, 0.3) is 0 Å². The maximum Gasteiger partial charge on any atom is 0.319 e. The van der Waals surface area contributed by atoms with Crippen molar-refractivity contribution < 1.29 is 9.32 Å². The van der Waals surface area contributed by atoms with E-state index in [0.717, 1.165) is 30.9 Å². The first kappa shape index (κ1) is 18.2. The van der Waals surface area contributed by atoms with Gasteiger partial charge in [-0.05, 0) is 24.0 Å². The Labute approximate surface area is 153 Å². The van der Waals surface area contributed by atoms with Crippen LogP contribution < -0.4 is 10.6 Å². The molecule has 0 bridgehead atoms. The normalized spacial score (nSPS) is 15.3. The lowest BCUT2D eigenvalue weighted by Gasteiger charge is -2.36. The molecule has 0 spiro atoms. The van der Waals surface area contributed by atoms with Gasteiger partial charge in [0.05, 0.1) is 0 Å². The second kappa shape index (κ2) is 7.31. The fourth-order valence-corrected chi connectivity index (χ4v) is 2.91. The molecule has 3 heterocycles. The van der Waals surface area contributed by atoms with Crippen LogP contribution in [0.3, 0.4) is 0 Å². The number of anilines is 2. The van der Waals surface area contributed by atoms with Crippen molar-refractivity contribution in [2.75, 3.05) is 36.8 Å². The molecular formula is C18H26N6O2. The second-order valence-electron chi connectivity index (χ2n) is 7.79. The van der Waals surface area contributed by atoms with Gasteiger partial charge in [0.1, 0.15) is 5.82 Å². The van der Waals surface area contributed by atoms with Gasteiger partial charge in [0, 0.05) is 44.4 Å². The largest absolute Gasteiger partial charge is 0.353 e. The summed E-state index contributed by atoms with van der Waals surface area (Å²) in [5.74, 6) is 1.53. The number of hydrogen-bond donors (Lipinski definition) is 1. The number of nitrogen functional groups attached to an aromatic ring is 1. The molecule has 0 aromatic carbocycles. The number of pyridine rings is 1. The third kappa shape index (κ3) is 4.50. The number of carbonyl (C=O) groups is 1. The van der Waals surface area contributed by atoms with E-state index in [-0.39, 0.29) is 17.3 Å². The first-order valence-electron chi connectivity index (χ1n) is 8.90. The van der Waals surface area contributed by atoms with E-state index in [0.29, 0.717) is 25.3 Å². The average Bonchev–Trinajstić information content (AvgIpc) is 3.06. The lowest BCUT2D eigenvalue weighted by molar-refractivity contribution is -0.132. The molecular weight excluding hydrogens is 332 g/mol. The van der Waals surface area contributed by atoms with E-state index in [2.05, 4.69) is 40.8 Å². The van der Waals surface area contributed by atoms with Crippen LogP contribution >= 0.6 is 0 Å². The second-order valence-corrected chi connectivity index (χ2v) is 7.79. The summed E-state index contributed by atoms with van der Waals surface area (Å²) < 4.78 is 4.83. The monoisotopic (exact) mass is 358 g/mol. The number of nitrogens with two attached hydrogens (primary N) is 1. The Hall–Kier alpha value is -2.64. The van der Waals surface area contributed by atoms with E-state index in [1.807, 2.05) is 17.0 Å². The highest BCUT2D eigenvalue weighted by Crippen LogP contribution is 2.23. The molecule has 1 aliphatic heterocycles. The number of nitrogens with zero attached hydrogens (tertiary/aromatic N) is 5. The summed E-state index contributed by atoms with van der Waals surface area (Å²) in [6, 6.07) is 3.78. The lowest BCUT2D eigenvalue weighted by atomic mass is 9.90. The van der Waals surface area contributed by atoms with Crippen molar-refractivity contribution in [3.63, 3.8) is 0 Å². The lowest BCUT2D eigenvalue weighted by Crippen LogP contribution is -2.49. The minimum Gasteiger partial charge on any atom is -0.353 e. The Morgan fingerprint density at radius 1 is 1.27 bits per heavy atom. The quantitative estimate of drug-likeness (QED) is 0.894. The highest BCUT2D eigenvalue weighted by molar-refractivity contribution is 5.76. The highest BCUT2D eigenvalue weighted by Gasteiger charge is 2.23. The van der Waals surface area contributed by atoms with Gasteiger partial charge in [-0.3, -0.25) is 4.79 Å². The summed E-state index contributed by atoms with van der Waals surface area (Å²) >= 11 is 0. The van der Waals surface area contributed by atoms with Crippen molar-refractivity contribution >= 4 is 17.7 Å². The van der Waals surface area contributed by atoms with E-state index < -0.39 is 0 Å². The predicted molar refractivity (Wildman–Crippen MR) is 99.4 cm³/mol. The number of hydrogen-bond acceptors (Lipinski definition) is 7. The smallest absolute Gasteiger partial charge is 0.319 e. The molecule has 1 fully saturated rings. The Morgan fingerprint density at radius 2 is 2.00 bits per heavy atom. The summed E-state index contributed by atoms with van der Waals surface area (Å²) in [7, 11) is 0. The van der Waals surface area contributed by atoms with Crippen molar-refractivity contribution in [2.45, 2.75) is 33.6 Å². The van der Waals surface area contributed by atoms with Gasteiger partial charge in [-0.15, -0.1) is 0 Å². The zero-order valence-corrected chi connectivity index (χ0v) is 15.6. The summed E-state index contributed by atoms with van der Waals surface area (Å²) in [5.41, 5.74) is 6.47.